The molecule has 10 heavy (non-hydrogen) atoms. The molecule has 0 bridgehead atoms. The Morgan fingerprint density at radius 2 is 2.00 bits per heavy atom. The van der Waals surface area contributed by atoms with E-state index in [0.717, 1.165) is 19.5 Å². The Bertz CT molecular complexity index is 149. The average molecular weight is 141 g/mol. The first kappa shape index (κ1) is 6.62. The van der Waals surface area contributed by atoms with Gasteiger partial charge in [-0.1, -0.05) is 0 Å². The summed E-state index contributed by atoms with van der Waals surface area (Å²) < 4.78 is 0. The molecule has 1 saturated heterocycles. The highest BCUT2D eigenvalue weighted by Crippen LogP contribution is 2.48. The summed E-state index contributed by atoms with van der Waals surface area (Å²) >= 11 is 0. The molecule has 0 aromatic rings. The van der Waals surface area contributed by atoms with Gasteiger partial charge in [0, 0.05) is 18.5 Å². The van der Waals surface area contributed by atoms with Crippen LogP contribution >= 0.6 is 0 Å². The molecule has 0 amide bonds. The Hall–Kier alpha value is -0.0800. The largest absolute Gasteiger partial charge is 0.390 e. The standard InChI is InChI=1S/C8H15NO/c1-7(10)3-2-4-8(7)5-9-6-8/h9-10H,2-6H2,1H3. The van der Waals surface area contributed by atoms with Crippen LogP contribution in [0, 0.1) is 5.41 Å². The molecule has 1 aliphatic carbocycles. The molecule has 1 unspecified atom stereocenters. The van der Waals surface area contributed by atoms with Crippen molar-refractivity contribution in [3.8, 4) is 0 Å². The topological polar surface area (TPSA) is 32.3 Å². The molecule has 0 radical (unpaired) electrons. The molecular formula is C8H15NO. The van der Waals surface area contributed by atoms with E-state index in [4.69, 9.17) is 0 Å². The SMILES string of the molecule is CC1(O)CCCC12CNC2. The van der Waals surface area contributed by atoms with Crippen LogP contribution < -0.4 is 5.32 Å². The summed E-state index contributed by atoms with van der Waals surface area (Å²) in [5.74, 6) is 0. The van der Waals surface area contributed by atoms with Crippen LogP contribution in [0.2, 0.25) is 0 Å². The first-order valence-corrected chi connectivity index (χ1v) is 4.09. The molecule has 58 valence electrons. The predicted octanol–water partition coefficient (Wildman–Crippen LogP) is 0.511. The molecule has 2 rings (SSSR count). The van der Waals surface area contributed by atoms with Gasteiger partial charge in [-0.2, -0.15) is 0 Å². The highest BCUT2D eigenvalue weighted by Gasteiger charge is 2.54. The molecule has 0 aromatic carbocycles. The summed E-state index contributed by atoms with van der Waals surface area (Å²) in [5.41, 5.74) is -0.120. The van der Waals surface area contributed by atoms with Crippen molar-refractivity contribution < 1.29 is 5.11 Å². The van der Waals surface area contributed by atoms with Crippen molar-refractivity contribution in [2.45, 2.75) is 31.8 Å². The van der Waals surface area contributed by atoms with Crippen LogP contribution in [0.4, 0.5) is 0 Å². The summed E-state index contributed by atoms with van der Waals surface area (Å²) in [4.78, 5) is 0. The van der Waals surface area contributed by atoms with Crippen LogP contribution in [0.15, 0.2) is 0 Å². The van der Waals surface area contributed by atoms with E-state index in [1.54, 1.807) is 0 Å². The van der Waals surface area contributed by atoms with Gasteiger partial charge in [0.2, 0.25) is 0 Å². The van der Waals surface area contributed by atoms with E-state index < -0.39 is 0 Å². The van der Waals surface area contributed by atoms with E-state index in [9.17, 15) is 5.11 Å². The monoisotopic (exact) mass is 141 g/mol. The van der Waals surface area contributed by atoms with Gasteiger partial charge < -0.3 is 10.4 Å². The molecule has 1 aliphatic heterocycles. The van der Waals surface area contributed by atoms with E-state index in [2.05, 4.69) is 5.32 Å². The van der Waals surface area contributed by atoms with Crippen molar-refractivity contribution in [1.82, 2.24) is 5.32 Å². The van der Waals surface area contributed by atoms with E-state index in [1.807, 2.05) is 6.92 Å². The van der Waals surface area contributed by atoms with Crippen molar-refractivity contribution in [3.05, 3.63) is 0 Å². The Kier molecular flexibility index (Phi) is 1.15. The summed E-state index contributed by atoms with van der Waals surface area (Å²) in [6, 6.07) is 0. The van der Waals surface area contributed by atoms with Crippen LogP contribution in [0.1, 0.15) is 26.2 Å². The van der Waals surface area contributed by atoms with Crippen LogP contribution in [-0.4, -0.2) is 23.8 Å². The smallest absolute Gasteiger partial charge is 0.0700 e. The minimum Gasteiger partial charge on any atom is -0.390 e. The van der Waals surface area contributed by atoms with Crippen molar-refractivity contribution in [2.75, 3.05) is 13.1 Å². The zero-order chi connectivity index (χ0) is 7.24. The fourth-order valence-corrected chi connectivity index (χ4v) is 2.29. The molecule has 1 heterocycles. The minimum absolute atomic E-state index is 0.257. The minimum atomic E-state index is -0.377. The quantitative estimate of drug-likeness (QED) is 0.515. The molecular weight excluding hydrogens is 126 g/mol. The second kappa shape index (κ2) is 1.74. The second-order valence-electron chi connectivity index (χ2n) is 4.01. The van der Waals surface area contributed by atoms with Crippen molar-refractivity contribution >= 4 is 0 Å². The summed E-state index contributed by atoms with van der Waals surface area (Å²) in [6.07, 6.45) is 3.41. The summed E-state index contributed by atoms with van der Waals surface area (Å²) in [5, 5.41) is 13.2. The van der Waals surface area contributed by atoms with Crippen LogP contribution in [0.3, 0.4) is 0 Å². The normalized spacial score (nSPS) is 43.8. The molecule has 1 spiro atoms. The fraction of sp³-hybridized carbons (Fsp3) is 1.00. The van der Waals surface area contributed by atoms with E-state index in [1.165, 1.54) is 12.8 Å². The maximum Gasteiger partial charge on any atom is 0.0700 e. The van der Waals surface area contributed by atoms with E-state index >= 15 is 0 Å². The third-order valence-electron chi connectivity index (χ3n) is 3.39. The molecule has 2 fully saturated rings. The molecule has 1 saturated carbocycles. The lowest BCUT2D eigenvalue weighted by atomic mass is 9.71. The number of aliphatic hydroxyl groups is 1. The van der Waals surface area contributed by atoms with Crippen molar-refractivity contribution in [3.63, 3.8) is 0 Å². The lowest BCUT2D eigenvalue weighted by Crippen LogP contribution is -2.62. The third-order valence-corrected chi connectivity index (χ3v) is 3.39. The van der Waals surface area contributed by atoms with Crippen molar-refractivity contribution in [1.29, 1.82) is 0 Å². The van der Waals surface area contributed by atoms with Crippen LogP contribution in [-0.2, 0) is 0 Å². The number of nitrogens with one attached hydrogen (secondary N) is 1. The van der Waals surface area contributed by atoms with Gasteiger partial charge in [0.1, 0.15) is 0 Å². The molecule has 2 nitrogen and oxygen atoms in total. The molecule has 2 aliphatic rings. The van der Waals surface area contributed by atoms with Crippen LogP contribution in [0.25, 0.3) is 0 Å². The summed E-state index contributed by atoms with van der Waals surface area (Å²) in [6.45, 7) is 4.04. The van der Waals surface area contributed by atoms with Gasteiger partial charge in [-0.3, -0.25) is 0 Å². The molecule has 2 N–H and O–H groups in total. The fourth-order valence-electron chi connectivity index (χ4n) is 2.29. The number of hydrogen-bond donors (Lipinski definition) is 2. The van der Waals surface area contributed by atoms with Gasteiger partial charge in [0.05, 0.1) is 5.60 Å². The first-order chi connectivity index (χ1) is 4.66. The van der Waals surface area contributed by atoms with Crippen molar-refractivity contribution in [2.24, 2.45) is 5.41 Å². The molecule has 2 heteroatoms. The van der Waals surface area contributed by atoms with E-state index in [0.29, 0.717) is 0 Å². The number of rotatable bonds is 0. The maximum atomic E-state index is 9.92. The Morgan fingerprint density at radius 3 is 2.20 bits per heavy atom. The lowest BCUT2D eigenvalue weighted by molar-refractivity contribution is -0.0741. The molecule has 0 aromatic heterocycles. The Morgan fingerprint density at radius 1 is 1.30 bits per heavy atom. The highest BCUT2D eigenvalue weighted by molar-refractivity contribution is 5.08. The highest BCUT2D eigenvalue weighted by atomic mass is 16.3. The lowest BCUT2D eigenvalue weighted by Gasteiger charge is -2.48. The molecule has 1 atom stereocenters. The Balaban J connectivity index is 2.20. The van der Waals surface area contributed by atoms with Crippen LogP contribution in [0.5, 0.6) is 0 Å². The second-order valence-corrected chi connectivity index (χ2v) is 4.01. The summed E-state index contributed by atoms with van der Waals surface area (Å²) in [7, 11) is 0. The van der Waals surface area contributed by atoms with Gasteiger partial charge in [0.15, 0.2) is 0 Å². The Labute approximate surface area is 61.6 Å². The van der Waals surface area contributed by atoms with Gasteiger partial charge in [-0.25, -0.2) is 0 Å². The maximum absolute atomic E-state index is 9.92. The zero-order valence-corrected chi connectivity index (χ0v) is 6.48. The average Bonchev–Trinajstić information content (AvgIpc) is 2.02. The van der Waals surface area contributed by atoms with Gasteiger partial charge in [0.25, 0.3) is 0 Å². The third kappa shape index (κ3) is 0.611. The van der Waals surface area contributed by atoms with Gasteiger partial charge in [-0.05, 0) is 26.2 Å². The number of hydrogen-bond acceptors (Lipinski definition) is 2. The predicted molar refractivity (Wildman–Crippen MR) is 39.8 cm³/mol. The van der Waals surface area contributed by atoms with Gasteiger partial charge in [-0.15, -0.1) is 0 Å². The van der Waals surface area contributed by atoms with E-state index in [-0.39, 0.29) is 11.0 Å². The zero-order valence-electron chi connectivity index (χ0n) is 6.48. The van der Waals surface area contributed by atoms with Gasteiger partial charge >= 0.3 is 0 Å². The first-order valence-electron chi connectivity index (χ1n) is 4.09.